The first kappa shape index (κ1) is 19.3. The number of benzene rings is 3. The zero-order valence-corrected chi connectivity index (χ0v) is 17.5. The zero-order chi connectivity index (χ0) is 21.4. The lowest BCUT2D eigenvalue weighted by Crippen LogP contribution is -2.15. The number of nitrogens with zero attached hydrogens (tertiary/aromatic N) is 2. The molecule has 0 saturated carbocycles. The van der Waals surface area contributed by atoms with Crippen LogP contribution in [-0.2, 0) is 4.79 Å². The molecule has 3 aromatic carbocycles. The van der Waals surface area contributed by atoms with Gasteiger partial charge in [-0.3, -0.25) is 9.79 Å². The minimum Gasteiger partial charge on any atom is -0.324 e. The van der Waals surface area contributed by atoms with Gasteiger partial charge in [0, 0.05) is 16.6 Å². The van der Waals surface area contributed by atoms with Crippen LogP contribution >= 0.6 is 11.3 Å². The van der Waals surface area contributed by atoms with E-state index in [2.05, 4.69) is 10.3 Å². The van der Waals surface area contributed by atoms with Gasteiger partial charge in [-0.25, -0.2) is 9.37 Å². The van der Waals surface area contributed by atoms with E-state index in [1.807, 2.05) is 54.8 Å². The molecular formula is C25H18FN3OS. The molecule has 1 aliphatic heterocycles. The third-order valence-corrected chi connectivity index (χ3v) is 6.10. The topological polar surface area (TPSA) is 54.4 Å². The maximum atomic E-state index is 13.2. The van der Waals surface area contributed by atoms with Gasteiger partial charge in [-0.15, -0.1) is 11.3 Å². The highest BCUT2D eigenvalue weighted by atomic mass is 32.1. The predicted molar refractivity (Wildman–Crippen MR) is 124 cm³/mol. The van der Waals surface area contributed by atoms with Gasteiger partial charge in [0.05, 0.1) is 23.5 Å². The van der Waals surface area contributed by atoms with E-state index in [9.17, 15) is 9.18 Å². The fraction of sp³-hybridized carbons (Fsp3) is 0.0800. The van der Waals surface area contributed by atoms with Gasteiger partial charge in [0.2, 0.25) is 5.91 Å². The van der Waals surface area contributed by atoms with E-state index in [0.717, 1.165) is 33.0 Å². The monoisotopic (exact) mass is 427 g/mol. The molecule has 0 aliphatic carbocycles. The van der Waals surface area contributed by atoms with Crippen molar-refractivity contribution in [2.24, 2.45) is 4.99 Å². The molecule has 0 saturated heterocycles. The molecule has 2 heterocycles. The Labute approximate surface area is 183 Å². The van der Waals surface area contributed by atoms with E-state index in [1.165, 1.54) is 12.1 Å². The van der Waals surface area contributed by atoms with Crippen molar-refractivity contribution >= 4 is 34.3 Å². The Balaban J connectivity index is 1.53. The first-order valence-electron chi connectivity index (χ1n) is 9.85. The molecule has 4 aromatic rings. The van der Waals surface area contributed by atoms with Gasteiger partial charge < -0.3 is 5.32 Å². The van der Waals surface area contributed by atoms with Crippen LogP contribution in [0, 0.1) is 12.7 Å². The van der Waals surface area contributed by atoms with Crippen molar-refractivity contribution in [2.75, 3.05) is 5.32 Å². The summed E-state index contributed by atoms with van der Waals surface area (Å²) in [5, 5.41) is 5.92. The summed E-state index contributed by atoms with van der Waals surface area (Å²) >= 11 is 1.60. The number of rotatable bonds is 3. The highest BCUT2D eigenvalue weighted by molar-refractivity contribution is 7.13. The SMILES string of the molecule is Cc1csc(-c2cccc(C3=Nc4ccc(-c5ccc(F)cc5)cc4NC(=O)C3)c2)n1. The molecule has 0 atom stereocenters. The van der Waals surface area contributed by atoms with E-state index in [4.69, 9.17) is 4.99 Å². The van der Waals surface area contributed by atoms with E-state index in [0.29, 0.717) is 17.1 Å². The number of carbonyl (C=O) groups excluding carboxylic acids is 1. The molecule has 152 valence electrons. The van der Waals surface area contributed by atoms with Gasteiger partial charge in [0.25, 0.3) is 0 Å². The van der Waals surface area contributed by atoms with E-state index in [1.54, 1.807) is 23.5 Å². The Morgan fingerprint density at radius 1 is 0.935 bits per heavy atom. The van der Waals surface area contributed by atoms with E-state index < -0.39 is 0 Å². The van der Waals surface area contributed by atoms with Crippen LogP contribution in [0.3, 0.4) is 0 Å². The molecule has 6 heteroatoms. The number of nitrogens with one attached hydrogen (secondary N) is 1. The summed E-state index contributed by atoms with van der Waals surface area (Å²) < 4.78 is 13.2. The number of aromatic nitrogens is 1. The average Bonchev–Trinajstić information content (AvgIpc) is 3.13. The standard InChI is InChI=1S/C25H18FN3OS/c1-15-14-31-25(27-15)19-4-2-3-18(11-19)22-13-24(30)29-23-12-17(7-10-21(23)28-22)16-5-8-20(26)9-6-16/h2-12,14H,13H2,1H3,(H,29,30). The number of aryl methyl sites for hydroxylation is 1. The third-order valence-electron chi connectivity index (χ3n) is 5.09. The highest BCUT2D eigenvalue weighted by Crippen LogP contribution is 2.34. The van der Waals surface area contributed by atoms with E-state index in [-0.39, 0.29) is 18.1 Å². The number of hydrogen-bond acceptors (Lipinski definition) is 4. The summed E-state index contributed by atoms with van der Waals surface area (Å²) in [5.41, 5.74) is 6.71. The Morgan fingerprint density at radius 3 is 2.48 bits per heavy atom. The third kappa shape index (κ3) is 4.02. The summed E-state index contributed by atoms with van der Waals surface area (Å²) in [6, 6.07) is 19.9. The van der Waals surface area contributed by atoms with Crippen LogP contribution < -0.4 is 5.32 Å². The molecule has 0 unspecified atom stereocenters. The van der Waals surface area contributed by atoms with Crippen molar-refractivity contribution in [2.45, 2.75) is 13.3 Å². The predicted octanol–water partition coefficient (Wildman–Crippen LogP) is 6.39. The molecule has 31 heavy (non-hydrogen) atoms. The molecule has 1 amide bonds. The maximum Gasteiger partial charge on any atom is 0.230 e. The number of thiazole rings is 1. The minimum atomic E-state index is -0.281. The Kier molecular flexibility index (Phi) is 4.92. The molecular weight excluding hydrogens is 409 g/mol. The maximum absolute atomic E-state index is 13.2. The average molecular weight is 428 g/mol. The molecule has 0 fully saturated rings. The van der Waals surface area contributed by atoms with Gasteiger partial charge in [0.15, 0.2) is 0 Å². The number of fused-ring (bicyclic) bond motifs is 1. The fourth-order valence-corrected chi connectivity index (χ4v) is 4.37. The van der Waals surface area contributed by atoms with Crippen LogP contribution in [0.4, 0.5) is 15.8 Å². The molecule has 5 rings (SSSR count). The molecule has 4 nitrogen and oxygen atoms in total. The Hall–Kier alpha value is -3.64. The molecule has 0 radical (unpaired) electrons. The van der Waals surface area contributed by atoms with Crippen LogP contribution in [0.25, 0.3) is 21.7 Å². The normalized spacial score (nSPS) is 13.2. The van der Waals surface area contributed by atoms with Crippen LogP contribution in [-0.4, -0.2) is 16.6 Å². The largest absolute Gasteiger partial charge is 0.324 e. The van der Waals surface area contributed by atoms with Gasteiger partial charge >= 0.3 is 0 Å². The number of hydrogen-bond donors (Lipinski definition) is 1. The van der Waals surface area contributed by atoms with Crippen LogP contribution in [0.1, 0.15) is 17.7 Å². The summed E-state index contributed by atoms with van der Waals surface area (Å²) in [4.78, 5) is 22.0. The van der Waals surface area contributed by atoms with E-state index >= 15 is 0 Å². The number of anilines is 1. The molecule has 0 bridgehead atoms. The van der Waals surface area contributed by atoms with Crippen LogP contribution in [0.15, 0.2) is 77.1 Å². The molecule has 1 aromatic heterocycles. The molecule has 0 spiro atoms. The zero-order valence-electron chi connectivity index (χ0n) is 16.7. The second-order valence-corrected chi connectivity index (χ2v) is 8.26. The van der Waals surface area contributed by atoms with Crippen molar-refractivity contribution in [3.05, 3.63) is 89.2 Å². The number of amides is 1. The quantitative estimate of drug-likeness (QED) is 0.412. The lowest BCUT2D eigenvalue weighted by atomic mass is 10.0. The van der Waals surface area contributed by atoms with Crippen LogP contribution in [0.5, 0.6) is 0 Å². The number of carbonyl (C=O) groups is 1. The first-order chi connectivity index (χ1) is 15.0. The van der Waals surface area contributed by atoms with Crippen molar-refractivity contribution < 1.29 is 9.18 Å². The minimum absolute atomic E-state index is 0.121. The summed E-state index contributed by atoms with van der Waals surface area (Å²) in [6.07, 6.45) is 0.181. The highest BCUT2D eigenvalue weighted by Gasteiger charge is 2.18. The number of aliphatic imine (C=N–C) groups is 1. The number of halogens is 1. The Bertz CT molecular complexity index is 1320. The summed E-state index contributed by atoms with van der Waals surface area (Å²) in [7, 11) is 0. The van der Waals surface area contributed by atoms with Crippen LogP contribution in [0.2, 0.25) is 0 Å². The van der Waals surface area contributed by atoms with Gasteiger partial charge in [-0.1, -0.05) is 36.4 Å². The van der Waals surface area contributed by atoms with Crippen molar-refractivity contribution in [1.82, 2.24) is 4.98 Å². The fourth-order valence-electron chi connectivity index (χ4n) is 3.57. The van der Waals surface area contributed by atoms with Crippen molar-refractivity contribution in [3.8, 4) is 21.7 Å². The smallest absolute Gasteiger partial charge is 0.230 e. The van der Waals surface area contributed by atoms with Gasteiger partial charge in [0.1, 0.15) is 10.8 Å². The van der Waals surface area contributed by atoms with Crippen molar-refractivity contribution in [1.29, 1.82) is 0 Å². The second kappa shape index (κ2) is 7.89. The van der Waals surface area contributed by atoms with Crippen molar-refractivity contribution in [3.63, 3.8) is 0 Å². The lowest BCUT2D eigenvalue weighted by Gasteiger charge is -2.08. The lowest BCUT2D eigenvalue weighted by molar-refractivity contribution is -0.115. The summed E-state index contributed by atoms with van der Waals surface area (Å²) in [6.45, 7) is 1.97. The van der Waals surface area contributed by atoms with Gasteiger partial charge in [-0.2, -0.15) is 0 Å². The summed E-state index contributed by atoms with van der Waals surface area (Å²) in [5.74, 6) is -0.402. The molecule has 1 aliphatic rings. The Morgan fingerprint density at radius 2 is 1.71 bits per heavy atom. The first-order valence-corrected chi connectivity index (χ1v) is 10.7. The molecule has 1 N–H and O–H groups in total. The second-order valence-electron chi connectivity index (χ2n) is 7.40. The van der Waals surface area contributed by atoms with Gasteiger partial charge in [-0.05, 0) is 53.9 Å².